The topological polar surface area (TPSA) is 51.3 Å². The number of aryl methyl sites for hydroxylation is 1. The molecule has 1 aromatic rings. The Bertz CT molecular complexity index is 427. The lowest BCUT2D eigenvalue weighted by molar-refractivity contribution is -0.135. The lowest BCUT2D eigenvalue weighted by Gasteiger charge is -2.32. The molecule has 1 fully saturated rings. The van der Waals surface area contributed by atoms with Gasteiger partial charge in [0.05, 0.1) is 12.1 Å². The summed E-state index contributed by atoms with van der Waals surface area (Å²) in [6.07, 6.45) is 7.26. The van der Waals surface area contributed by atoms with E-state index in [1.165, 1.54) is 18.5 Å². The zero-order chi connectivity index (χ0) is 13.8. The van der Waals surface area contributed by atoms with Crippen LogP contribution in [0.15, 0.2) is 18.3 Å². The fourth-order valence-electron chi connectivity index (χ4n) is 2.89. The van der Waals surface area contributed by atoms with Gasteiger partial charge < -0.3 is 15.2 Å². The van der Waals surface area contributed by atoms with Gasteiger partial charge in [0, 0.05) is 25.5 Å². The molecule has 0 bridgehead atoms. The Kier molecular flexibility index (Phi) is 4.64. The number of amides is 1. The van der Waals surface area contributed by atoms with Crippen LogP contribution < -0.4 is 5.73 Å². The van der Waals surface area contributed by atoms with Crippen LogP contribution in [-0.2, 0) is 11.8 Å². The molecule has 1 aliphatic heterocycles. The summed E-state index contributed by atoms with van der Waals surface area (Å²) in [5, 5.41) is 0. The molecule has 106 valence electrons. The van der Waals surface area contributed by atoms with E-state index in [4.69, 9.17) is 5.73 Å². The zero-order valence-corrected chi connectivity index (χ0v) is 12.0. The molecule has 0 radical (unpaired) electrons. The Morgan fingerprint density at radius 1 is 1.47 bits per heavy atom. The van der Waals surface area contributed by atoms with Gasteiger partial charge in [-0.15, -0.1) is 0 Å². The Morgan fingerprint density at radius 3 is 2.89 bits per heavy atom. The number of rotatable bonds is 3. The fraction of sp³-hybridized carbons (Fsp3) is 0.667. The molecule has 1 aromatic heterocycles. The number of nitrogens with zero attached hydrogens (tertiary/aromatic N) is 2. The molecule has 1 aliphatic rings. The maximum atomic E-state index is 12.5. The highest BCUT2D eigenvalue weighted by atomic mass is 16.2. The fourth-order valence-corrected chi connectivity index (χ4v) is 2.89. The molecule has 0 spiro atoms. The Labute approximate surface area is 115 Å². The molecule has 0 saturated carbocycles. The average Bonchev–Trinajstić information content (AvgIpc) is 2.70. The van der Waals surface area contributed by atoms with Crippen molar-refractivity contribution in [2.24, 2.45) is 12.8 Å². The standard InChI is InChI=1S/C15H25N3O/c1-3-12(16)15(19)18-11-6-4-5-8-14(18)13-9-7-10-17(13)2/h7,9-10,12,14H,3-6,8,11,16H2,1-2H3. The lowest BCUT2D eigenvalue weighted by Crippen LogP contribution is -2.45. The molecule has 4 nitrogen and oxygen atoms in total. The van der Waals surface area contributed by atoms with Gasteiger partial charge in [0.1, 0.15) is 0 Å². The van der Waals surface area contributed by atoms with E-state index in [2.05, 4.69) is 10.6 Å². The van der Waals surface area contributed by atoms with Crippen LogP contribution in [0.3, 0.4) is 0 Å². The first-order valence-electron chi connectivity index (χ1n) is 7.32. The molecule has 2 N–H and O–H groups in total. The van der Waals surface area contributed by atoms with Gasteiger partial charge in [0.2, 0.25) is 5.91 Å². The monoisotopic (exact) mass is 263 g/mol. The van der Waals surface area contributed by atoms with Crippen LogP contribution in [0.4, 0.5) is 0 Å². The van der Waals surface area contributed by atoms with Crippen LogP contribution >= 0.6 is 0 Å². The summed E-state index contributed by atoms with van der Waals surface area (Å²) in [5.74, 6) is 0.107. The summed E-state index contributed by atoms with van der Waals surface area (Å²) >= 11 is 0. The first kappa shape index (κ1) is 14.1. The van der Waals surface area contributed by atoms with E-state index in [1.54, 1.807) is 0 Å². The number of carbonyl (C=O) groups is 1. The van der Waals surface area contributed by atoms with Gasteiger partial charge >= 0.3 is 0 Å². The van der Waals surface area contributed by atoms with E-state index in [0.717, 1.165) is 19.4 Å². The van der Waals surface area contributed by atoms with Crippen molar-refractivity contribution in [3.8, 4) is 0 Å². The molecule has 19 heavy (non-hydrogen) atoms. The highest BCUT2D eigenvalue weighted by molar-refractivity contribution is 5.82. The van der Waals surface area contributed by atoms with Crippen molar-refractivity contribution in [2.45, 2.75) is 51.1 Å². The molecular formula is C15H25N3O. The van der Waals surface area contributed by atoms with Crippen LogP contribution in [0, 0.1) is 0 Å². The predicted octanol–water partition coefficient (Wildman–Crippen LogP) is 2.21. The van der Waals surface area contributed by atoms with Gasteiger partial charge in [0.15, 0.2) is 0 Å². The van der Waals surface area contributed by atoms with E-state index in [0.29, 0.717) is 6.42 Å². The number of hydrogen-bond donors (Lipinski definition) is 1. The Hall–Kier alpha value is -1.29. The normalized spacial score (nSPS) is 22.1. The van der Waals surface area contributed by atoms with Crippen LogP contribution in [0.2, 0.25) is 0 Å². The minimum Gasteiger partial charge on any atom is -0.353 e. The van der Waals surface area contributed by atoms with E-state index in [1.807, 2.05) is 31.1 Å². The third-order valence-electron chi connectivity index (χ3n) is 4.12. The number of hydrogen-bond acceptors (Lipinski definition) is 2. The van der Waals surface area contributed by atoms with E-state index < -0.39 is 0 Å². The van der Waals surface area contributed by atoms with Gasteiger partial charge in [-0.3, -0.25) is 4.79 Å². The summed E-state index contributed by atoms with van der Waals surface area (Å²) in [4.78, 5) is 14.5. The van der Waals surface area contributed by atoms with Crippen molar-refractivity contribution in [1.82, 2.24) is 9.47 Å². The molecule has 1 amide bonds. The van der Waals surface area contributed by atoms with Gasteiger partial charge in [-0.05, 0) is 31.4 Å². The first-order valence-corrected chi connectivity index (χ1v) is 7.32. The second-order valence-corrected chi connectivity index (χ2v) is 5.46. The molecule has 2 rings (SSSR count). The molecule has 2 heterocycles. The number of nitrogens with two attached hydrogens (primary N) is 1. The molecule has 1 saturated heterocycles. The van der Waals surface area contributed by atoms with Crippen molar-refractivity contribution in [2.75, 3.05) is 6.54 Å². The first-order chi connectivity index (χ1) is 9.15. The lowest BCUT2D eigenvalue weighted by atomic mass is 10.1. The smallest absolute Gasteiger partial charge is 0.240 e. The molecule has 2 unspecified atom stereocenters. The van der Waals surface area contributed by atoms with Crippen LogP contribution in [0.1, 0.15) is 50.8 Å². The molecule has 0 aliphatic carbocycles. The Morgan fingerprint density at radius 2 is 2.26 bits per heavy atom. The maximum absolute atomic E-state index is 12.5. The van der Waals surface area contributed by atoms with Crippen molar-refractivity contribution in [1.29, 1.82) is 0 Å². The van der Waals surface area contributed by atoms with Gasteiger partial charge in [-0.1, -0.05) is 19.8 Å². The Balaban J connectivity index is 2.26. The number of carbonyl (C=O) groups excluding carboxylic acids is 1. The zero-order valence-electron chi connectivity index (χ0n) is 12.0. The third kappa shape index (κ3) is 3.00. The van der Waals surface area contributed by atoms with Crippen molar-refractivity contribution in [3.63, 3.8) is 0 Å². The second kappa shape index (κ2) is 6.24. The number of aromatic nitrogens is 1. The summed E-state index contributed by atoms with van der Waals surface area (Å²) < 4.78 is 2.12. The van der Waals surface area contributed by atoms with Crippen LogP contribution in [-0.4, -0.2) is 28.0 Å². The van der Waals surface area contributed by atoms with Crippen LogP contribution in [0.5, 0.6) is 0 Å². The van der Waals surface area contributed by atoms with Crippen LogP contribution in [0.25, 0.3) is 0 Å². The van der Waals surface area contributed by atoms with Crippen molar-refractivity contribution in [3.05, 3.63) is 24.0 Å². The quantitative estimate of drug-likeness (QED) is 0.909. The molecular weight excluding hydrogens is 238 g/mol. The molecule has 2 atom stereocenters. The van der Waals surface area contributed by atoms with Crippen molar-refractivity contribution < 1.29 is 4.79 Å². The minimum atomic E-state index is -0.360. The second-order valence-electron chi connectivity index (χ2n) is 5.46. The summed E-state index contributed by atoms with van der Waals surface area (Å²) in [6.45, 7) is 2.81. The average molecular weight is 263 g/mol. The van der Waals surface area contributed by atoms with Gasteiger partial charge in [-0.2, -0.15) is 0 Å². The highest BCUT2D eigenvalue weighted by Gasteiger charge is 2.30. The highest BCUT2D eigenvalue weighted by Crippen LogP contribution is 2.30. The predicted molar refractivity (Wildman–Crippen MR) is 76.6 cm³/mol. The number of likely N-dealkylation sites (tertiary alicyclic amines) is 1. The van der Waals surface area contributed by atoms with Gasteiger partial charge in [-0.25, -0.2) is 0 Å². The summed E-state index contributed by atoms with van der Waals surface area (Å²) in [5.41, 5.74) is 7.17. The third-order valence-corrected chi connectivity index (χ3v) is 4.12. The molecule has 0 aromatic carbocycles. The summed E-state index contributed by atoms with van der Waals surface area (Å²) in [6, 6.07) is 3.99. The van der Waals surface area contributed by atoms with Gasteiger partial charge in [0.25, 0.3) is 0 Å². The largest absolute Gasteiger partial charge is 0.353 e. The minimum absolute atomic E-state index is 0.107. The maximum Gasteiger partial charge on any atom is 0.240 e. The molecule has 4 heteroatoms. The van der Waals surface area contributed by atoms with E-state index >= 15 is 0 Å². The SMILES string of the molecule is CCC(N)C(=O)N1CCCCCC1c1cccn1C. The van der Waals surface area contributed by atoms with E-state index in [-0.39, 0.29) is 18.0 Å². The van der Waals surface area contributed by atoms with Crippen molar-refractivity contribution >= 4 is 5.91 Å². The summed E-state index contributed by atoms with van der Waals surface area (Å²) in [7, 11) is 2.04. The van der Waals surface area contributed by atoms with E-state index in [9.17, 15) is 4.79 Å².